The van der Waals surface area contributed by atoms with Gasteiger partial charge in [0.2, 0.25) is 17.7 Å². The first-order valence-corrected chi connectivity index (χ1v) is 7.50. The van der Waals surface area contributed by atoms with Crippen LogP contribution in [0.1, 0.15) is 18.9 Å². The third-order valence-corrected chi connectivity index (χ3v) is 3.66. The highest BCUT2D eigenvalue weighted by atomic mass is 19.1. The molecular formula is C16H20FN3O3. The number of nitrogens with one attached hydrogen (secondary N) is 2. The monoisotopic (exact) mass is 321 g/mol. The van der Waals surface area contributed by atoms with Gasteiger partial charge in [0.1, 0.15) is 5.82 Å². The topological polar surface area (TPSA) is 78.5 Å². The summed E-state index contributed by atoms with van der Waals surface area (Å²) < 4.78 is 12.8. The Bertz CT molecular complexity index is 589. The zero-order chi connectivity index (χ0) is 16.8. The van der Waals surface area contributed by atoms with E-state index in [-0.39, 0.29) is 42.5 Å². The molecule has 3 amide bonds. The fraction of sp³-hybridized carbons (Fsp3) is 0.438. The van der Waals surface area contributed by atoms with E-state index in [0.717, 1.165) is 5.56 Å². The number of rotatable bonds is 6. The molecular weight excluding hydrogens is 301 g/mol. The molecule has 1 saturated heterocycles. The molecule has 1 aromatic carbocycles. The van der Waals surface area contributed by atoms with Crippen LogP contribution in [0.4, 0.5) is 4.39 Å². The highest BCUT2D eigenvalue weighted by Crippen LogP contribution is 2.12. The van der Waals surface area contributed by atoms with E-state index in [9.17, 15) is 18.8 Å². The van der Waals surface area contributed by atoms with Crippen LogP contribution in [0, 0.1) is 5.82 Å². The summed E-state index contributed by atoms with van der Waals surface area (Å²) in [5.74, 6) is -0.883. The predicted molar refractivity (Wildman–Crippen MR) is 81.9 cm³/mol. The van der Waals surface area contributed by atoms with Gasteiger partial charge in [-0.05, 0) is 24.1 Å². The number of hydrogen-bond donors (Lipinski definition) is 2. The first-order valence-electron chi connectivity index (χ1n) is 7.50. The molecule has 124 valence electrons. The number of halogens is 1. The number of carbonyl (C=O) groups excluding carboxylic acids is 3. The van der Waals surface area contributed by atoms with Gasteiger partial charge < -0.3 is 15.5 Å². The molecule has 0 aromatic heterocycles. The lowest BCUT2D eigenvalue weighted by Gasteiger charge is -2.17. The Hall–Kier alpha value is -2.44. The summed E-state index contributed by atoms with van der Waals surface area (Å²) in [6.07, 6.45) is 0.897. The molecule has 0 aliphatic carbocycles. The van der Waals surface area contributed by atoms with Crippen molar-refractivity contribution in [2.45, 2.75) is 25.8 Å². The fourth-order valence-corrected chi connectivity index (χ4v) is 2.48. The Kier molecular flexibility index (Phi) is 5.67. The van der Waals surface area contributed by atoms with Crippen LogP contribution < -0.4 is 10.6 Å². The summed E-state index contributed by atoms with van der Waals surface area (Å²) in [6.45, 7) is 2.23. The average molecular weight is 321 g/mol. The van der Waals surface area contributed by atoms with Crippen molar-refractivity contribution >= 4 is 17.7 Å². The summed E-state index contributed by atoms with van der Waals surface area (Å²) in [5, 5.41) is 5.15. The summed E-state index contributed by atoms with van der Waals surface area (Å²) in [6, 6.07) is 5.95. The van der Waals surface area contributed by atoms with E-state index < -0.39 is 0 Å². The third kappa shape index (κ3) is 5.36. The minimum absolute atomic E-state index is 0.0167. The lowest BCUT2D eigenvalue weighted by atomic mass is 10.1. The second-order valence-electron chi connectivity index (χ2n) is 5.59. The van der Waals surface area contributed by atoms with E-state index in [1.54, 1.807) is 17.0 Å². The van der Waals surface area contributed by atoms with Gasteiger partial charge in [-0.25, -0.2) is 4.39 Å². The largest absolute Gasteiger partial charge is 0.350 e. The van der Waals surface area contributed by atoms with Crippen molar-refractivity contribution in [2.75, 3.05) is 19.6 Å². The van der Waals surface area contributed by atoms with Gasteiger partial charge >= 0.3 is 0 Å². The zero-order valence-electron chi connectivity index (χ0n) is 13.0. The van der Waals surface area contributed by atoms with Crippen LogP contribution in [-0.4, -0.2) is 48.3 Å². The number of nitrogens with zero attached hydrogens (tertiary/aromatic N) is 1. The minimum Gasteiger partial charge on any atom is -0.350 e. The maximum Gasteiger partial charge on any atom is 0.239 e. The van der Waals surface area contributed by atoms with Crippen LogP contribution in [0.5, 0.6) is 0 Å². The second-order valence-corrected chi connectivity index (χ2v) is 5.59. The van der Waals surface area contributed by atoms with Crippen LogP contribution in [-0.2, 0) is 20.8 Å². The molecule has 6 nitrogen and oxygen atoms in total. The van der Waals surface area contributed by atoms with E-state index >= 15 is 0 Å². The van der Waals surface area contributed by atoms with Gasteiger partial charge in [0.25, 0.3) is 0 Å². The smallest absolute Gasteiger partial charge is 0.239 e. The van der Waals surface area contributed by atoms with Gasteiger partial charge in [-0.15, -0.1) is 0 Å². The maximum absolute atomic E-state index is 12.8. The first-order chi connectivity index (χ1) is 10.9. The molecule has 1 heterocycles. The Morgan fingerprint density at radius 1 is 1.30 bits per heavy atom. The number of hydrogen-bond acceptors (Lipinski definition) is 3. The van der Waals surface area contributed by atoms with E-state index in [4.69, 9.17) is 0 Å². The van der Waals surface area contributed by atoms with Crippen molar-refractivity contribution in [3.05, 3.63) is 35.6 Å². The minimum atomic E-state index is -0.307. The van der Waals surface area contributed by atoms with Crippen LogP contribution in [0.15, 0.2) is 24.3 Å². The lowest BCUT2D eigenvalue weighted by molar-refractivity contribution is -0.127. The second kappa shape index (κ2) is 7.71. The summed E-state index contributed by atoms with van der Waals surface area (Å²) in [7, 11) is 0. The van der Waals surface area contributed by atoms with Crippen molar-refractivity contribution < 1.29 is 18.8 Å². The Morgan fingerprint density at radius 2 is 2.00 bits per heavy atom. The highest BCUT2D eigenvalue weighted by Gasteiger charge is 2.30. The Labute approximate surface area is 134 Å². The van der Waals surface area contributed by atoms with Gasteiger partial charge in [0.15, 0.2) is 0 Å². The van der Waals surface area contributed by atoms with Crippen molar-refractivity contribution in [1.29, 1.82) is 0 Å². The molecule has 1 aliphatic rings. The van der Waals surface area contributed by atoms with Gasteiger partial charge in [-0.3, -0.25) is 14.4 Å². The van der Waals surface area contributed by atoms with Crippen molar-refractivity contribution in [2.24, 2.45) is 0 Å². The van der Waals surface area contributed by atoms with Crippen molar-refractivity contribution in [3.63, 3.8) is 0 Å². The molecule has 7 heteroatoms. The Morgan fingerprint density at radius 3 is 2.65 bits per heavy atom. The standard InChI is InChI=1S/C16H20FN3O3/c1-11(21)18-9-15(22)19-14-8-16(23)20(10-14)7-6-12-2-4-13(17)5-3-12/h2-5,14H,6-10H2,1H3,(H,18,21)(H,19,22)/t14-/m0/s1. The number of benzene rings is 1. The van der Waals surface area contributed by atoms with E-state index in [1.165, 1.54) is 19.1 Å². The maximum atomic E-state index is 12.8. The molecule has 1 aromatic rings. The van der Waals surface area contributed by atoms with Gasteiger partial charge in [0.05, 0.1) is 12.6 Å². The van der Waals surface area contributed by atoms with Gasteiger partial charge in [-0.2, -0.15) is 0 Å². The quantitative estimate of drug-likeness (QED) is 0.787. The molecule has 0 saturated carbocycles. The van der Waals surface area contributed by atoms with Crippen LogP contribution in [0.25, 0.3) is 0 Å². The molecule has 2 rings (SSSR count). The fourth-order valence-electron chi connectivity index (χ4n) is 2.48. The van der Waals surface area contributed by atoms with E-state index in [1.807, 2.05) is 0 Å². The Balaban J connectivity index is 1.77. The molecule has 0 spiro atoms. The first kappa shape index (κ1) is 16.9. The molecule has 0 unspecified atom stereocenters. The lowest BCUT2D eigenvalue weighted by Crippen LogP contribution is -2.42. The SMILES string of the molecule is CC(=O)NCC(=O)N[C@H]1CC(=O)N(CCc2ccc(F)cc2)C1. The van der Waals surface area contributed by atoms with Crippen molar-refractivity contribution in [1.82, 2.24) is 15.5 Å². The third-order valence-electron chi connectivity index (χ3n) is 3.66. The number of amides is 3. The summed E-state index contributed by atoms with van der Waals surface area (Å²) in [5.41, 5.74) is 0.956. The zero-order valence-corrected chi connectivity index (χ0v) is 13.0. The van der Waals surface area contributed by atoms with Crippen LogP contribution in [0.2, 0.25) is 0 Å². The van der Waals surface area contributed by atoms with E-state index in [0.29, 0.717) is 19.5 Å². The molecule has 1 aliphatic heterocycles. The molecule has 1 atom stereocenters. The summed E-state index contributed by atoms with van der Waals surface area (Å²) in [4.78, 5) is 36.0. The van der Waals surface area contributed by atoms with Crippen LogP contribution >= 0.6 is 0 Å². The molecule has 0 bridgehead atoms. The molecule has 0 radical (unpaired) electrons. The van der Waals surface area contributed by atoms with Gasteiger partial charge in [0, 0.05) is 26.4 Å². The van der Waals surface area contributed by atoms with Gasteiger partial charge in [-0.1, -0.05) is 12.1 Å². The normalized spacial score (nSPS) is 17.2. The number of likely N-dealkylation sites (tertiary alicyclic amines) is 1. The molecule has 23 heavy (non-hydrogen) atoms. The van der Waals surface area contributed by atoms with Crippen molar-refractivity contribution in [3.8, 4) is 0 Å². The predicted octanol–water partition coefficient (Wildman–Crippen LogP) is 0.221. The molecule has 1 fully saturated rings. The van der Waals surface area contributed by atoms with E-state index in [2.05, 4.69) is 10.6 Å². The average Bonchev–Trinajstić information content (AvgIpc) is 2.84. The number of carbonyl (C=O) groups is 3. The van der Waals surface area contributed by atoms with Crippen LogP contribution in [0.3, 0.4) is 0 Å². The summed E-state index contributed by atoms with van der Waals surface area (Å²) >= 11 is 0. The highest BCUT2D eigenvalue weighted by molar-refractivity contribution is 5.85. The molecule has 2 N–H and O–H groups in total.